The second-order valence-electron chi connectivity index (χ2n) is 7.35. The summed E-state index contributed by atoms with van der Waals surface area (Å²) < 4.78 is 0. The third kappa shape index (κ3) is 4.61. The number of aryl methyl sites for hydroxylation is 1. The quantitative estimate of drug-likeness (QED) is 0.637. The van der Waals surface area contributed by atoms with Gasteiger partial charge in [-0.1, -0.05) is 29.5 Å². The van der Waals surface area contributed by atoms with Gasteiger partial charge in [0.25, 0.3) is 5.91 Å². The maximum absolute atomic E-state index is 12.6. The molecule has 158 valence electrons. The van der Waals surface area contributed by atoms with Gasteiger partial charge in [0, 0.05) is 42.7 Å². The number of aromatic nitrogens is 2. The zero-order valence-electron chi connectivity index (χ0n) is 17.1. The van der Waals surface area contributed by atoms with Crippen molar-refractivity contribution in [3.63, 3.8) is 0 Å². The predicted molar refractivity (Wildman–Crippen MR) is 119 cm³/mol. The van der Waals surface area contributed by atoms with Crippen LogP contribution in [0.3, 0.4) is 0 Å². The fourth-order valence-corrected chi connectivity index (χ4v) is 4.33. The van der Waals surface area contributed by atoms with Gasteiger partial charge in [-0.2, -0.15) is 0 Å². The SMILES string of the molecule is CC(=O)Nc1ccc(C(=O)Nc2nnc([C@@H]3CC(=O)N(c4ccccc4C)C3)s2)cc1. The minimum absolute atomic E-state index is 0.0549. The smallest absolute Gasteiger partial charge is 0.257 e. The minimum Gasteiger partial charge on any atom is -0.326 e. The van der Waals surface area contributed by atoms with E-state index in [-0.39, 0.29) is 23.6 Å². The highest BCUT2D eigenvalue weighted by Crippen LogP contribution is 2.35. The second kappa shape index (κ2) is 8.65. The molecule has 0 aliphatic carbocycles. The van der Waals surface area contributed by atoms with Gasteiger partial charge >= 0.3 is 0 Å². The van der Waals surface area contributed by atoms with Gasteiger partial charge in [-0.25, -0.2) is 0 Å². The summed E-state index contributed by atoms with van der Waals surface area (Å²) in [7, 11) is 0. The van der Waals surface area contributed by atoms with E-state index in [4.69, 9.17) is 0 Å². The van der Waals surface area contributed by atoms with Crippen LogP contribution in [-0.2, 0) is 9.59 Å². The first-order valence-corrected chi connectivity index (χ1v) is 10.6. The number of anilines is 3. The fourth-order valence-electron chi connectivity index (χ4n) is 3.50. The monoisotopic (exact) mass is 435 g/mol. The molecule has 1 aromatic heterocycles. The van der Waals surface area contributed by atoms with Crippen molar-refractivity contribution in [3.05, 3.63) is 64.7 Å². The Morgan fingerprint density at radius 1 is 1.06 bits per heavy atom. The molecule has 0 spiro atoms. The molecule has 1 aliphatic heterocycles. The Balaban J connectivity index is 1.41. The van der Waals surface area contributed by atoms with Gasteiger partial charge < -0.3 is 10.2 Å². The number of amides is 3. The summed E-state index contributed by atoms with van der Waals surface area (Å²) in [4.78, 5) is 37.9. The number of hydrogen-bond donors (Lipinski definition) is 2. The van der Waals surface area contributed by atoms with E-state index >= 15 is 0 Å². The van der Waals surface area contributed by atoms with Gasteiger partial charge in [-0.15, -0.1) is 10.2 Å². The molecule has 0 unspecified atom stereocenters. The predicted octanol–water partition coefficient (Wildman–Crippen LogP) is 3.58. The number of nitrogens with zero attached hydrogens (tertiary/aromatic N) is 3. The summed E-state index contributed by atoms with van der Waals surface area (Å²) in [5, 5.41) is 14.8. The van der Waals surface area contributed by atoms with E-state index in [9.17, 15) is 14.4 Å². The standard InChI is InChI=1S/C22H21N5O3S/c1-13-5-3-4-6-18(13)27-12-16(11-19(27)29)21-25-26-22(31-21)24-20(30)15-7-9-17(10-8-15)23-14(2)28/h3-10,16H,11-12H2,1-2H3,(H,23,28)(H,24,26,30)/t16-/m1/s1. The van der Waals surface area contributed by atoms with Crippen LogP contribution in [0.15, 0.2) is 48.5 Å². The first-order valence-electron chi connectivity index (χ1n) is 9.79. The lowest BCUT2D eigenvalue weighted by atomic mass is 10.1. The number of carbonyl (C=O) groups is 3. The molecule has 1 aliphatic rings. The number of benzene rings is 2. The third-order valence-corrected chi connectivity index (χ3v) is 6.01. The number of rotatable bonds is 5. The van der Waals surface area contributed by atoms with Crippen LogP contribution in [0.25, 0.3) is 0 Å². The van der Waals surface area contributed by atoms with Crippen molar-refractivity contribution in [2.45, 2.75) is 26.2 Å². The molecule has 2 N–H and O–H groups in total. The highest BCUT2D eigenvalue weighted by molar-refractivity contribution is 7.15. The maximum atomic E-state index is 12.6. The molecule has 0 radical (unpaired) electrons. The molecular weight excluding hydrogens is 414 g/mol. The van der Waals surface area contributed by atoms with E-state index in [0.29, 0.717) is 29.3 Å². The van der Waals surface area contributed by atoms with E-state index in [1.165, 1.54) is 18.3 Å². The largest absolute Gasteiger partial charge is 0.326 e. The molecule has 0 saturated carbocycles. The van der Waals surface area contributed by atoms with Gasteiger partial charge in [0.2, 0.25) is 16.9 Å². The van der Waals surface area contributed by atoms with Crippen LogP contribution in [0.2, 0.25) is 0 Å². The Morgan fingerprint density at radius 3 is 2.52 bits per heavy atom. The van der Waals surface area contributed by atoms with Crippen molar-refractivity contribution < 1.29 is 14.4 Å². The Labute approximate surface area is 183 Å². The molecule has 2 aromatic carbocycles. The van der Waals surface area contributed by atoms with Crippen LogP contribution in [0.1, 0.15) is 40.2 Å². The molecule has 3 aromatic rings. The van der Waals surface area contributed by atoms with Gasteiger partial charge in [0.05, 0.1) is 0 Å². The molecule has 4 rings (SSSR count). The molecule has 2 heterocycles. The summed E-state index contributed by atoms with van der Waals surface area (Å²) in [5.41, 5.74) is 3.01. The highest BCUT2D eigenvalue weighted by Gasteiger charge is 2.34. The van der Waals surface area contributed by atoms with Crippen LogP contribution in [0.5, 0.6) is 0 Å². The second-order valence-corrected chi connectivity index (χ2v) is 8.36. The van der Waals surface area contributed by atoms with Crippen LogP contribution < -0.4 is 15.5 Å². The highest BCUT2D eigenvalue weighted by atomic mass is 32.1. The average molecular weight is 436 g/mol. The zero-order chi connectivity index (χ0) is 22.0. The first kappa shape index (κ1) is 20.7. The molecule has 1 saturated heterocycles. The van der Waals surface area contributed by atoms with E-state index in [2.05, 4.69) is 20.8 Å². The molecule has 1 atom stereocenters. The minimum atomic E-state index is -0.318. The lowest BCUT2D eigenvalue weighted by Crippen LogP contribution is -2.25. The summed E-state index contributed by atoms with van der Waals surface area (Å²) in [6.07, 6.45) is 0.363. The van der Waals surface area contributed by atoms with Crippen molar-refractivity contribution in [1.29, 1.82) is 0 Å². The topological polar surface area (TPSA) is 104 Å². The summed E-state index contributed by atoms with van der Waals surface area (Å²) in [6, 6.07) is 14.4. The van der Waals surface area contributed by atoms with Crippen LogP contribution >= 0.6 is 11.3 Å². The zero-order valence-corrected chi connectivity index (χ0v) is 17.9. The number of carbonyl (C=O) groups excluding carboxylic acids is 3. The molecule has 31 heavy (non-hydrogen) atoms. The molecule has 9 heteroatoms. The molecular formula is C22H21N5O3S. The van der Waals surface area contributed by atoms with Gasteiger partial charge in [0.15, 0.2) is 0 Å². The number of para-hydroxylation sites is 1. The van der Waals surface area contributed by atoms with E-state index in [1.54, 1.807) is 29.2 Å². The molecule has 3 amide bonds. The average Bonchev–Trinajstić information content (AvgIpc) is 3.35. The van der Waals surface area contributed by atoms with Crippen LogP contribution in [0, 0.1) is 6.92 Å². The Kier molecular flexibility index (Phi) is 5.77. The van der Waals surface area contributed by atoms with Gasteiger partial charge in [-0.05, 0) is 42.8 Å². The van der Waals surface area contributed by atoms with Crippen molar-refractivity contribution >= 4 is 45.6 Å². The van der Waals surface area contributed by atoms with Crippen molar-refractivity contribution in [2.75, 3.05) is 22.1 Å². The van der Waals surface area contributed by atoms with Gasteiger partial charge in [-0.3, -0.25) is 19.7 Å². The number of nitrogens with one attached hydrogen (secondary N) is 2. The molecule has 8 nitrogen and oxygen atoms in total. The van der Waals surface area contributed by atoms with Crippen molar-refractivity contribution in [3.8, 4) is 0 Å². The van der Waals surface area contributed by atoms with Crippen molar-refractivity contribution in [2.24, 2.45) is 0 Å². The first-order chi connectivity index (χ1) is 14.9. The fraction of sp³-hybridized carbons (Fsp3) is 0.227. The molecule has 0 bridgehead atoms. The van der Waals surface area contributed by atoms with E-state index < -0.39 is 0 Å². The Hall–Kier alpha value is -3.59. The normalized spacial score (nSPS) is 15.7. The molecule has 1 fully saturated rings. The maximum Gasteiger partial charge on any atom is 0.257 e. The summed E-state index contributed by atoms with van der Waals surface area (Å²) in [5.74, 6) is -0.502. The third-order valence-electron chi connectivity index (χ3n) is 5.01. The lowest BCUT2D eigenvalue weighted by molar-refractivity contribution is -0.117. The van der Waals surface area contributed by atoms with Gasteiger partial charge in [0.1, 0.15) is 5.01 Å². The Bertz CT molecular complexity index is 1140. The lowest BCUT2D eigenvalue weighted by Gasteiger charge is -2.18. The van der Waals surface area contributed by atoms with E-state index in [0.717, 1.165) is 16.3 Å². The van der Waals surface area contributed by atoms with Crippen LogP contribution in [0.4, 0.5) is 16.5 Å². The summed E-state index contributed by atoms with van der Waals surface area (Å²) in [6.45, 7) is 3.94. The number of hydrogen-bond acceptors (Lipinski definition) is 6. The summed E-state index contributed by atoms with van der Waals surface area (Å²) >= 11 is 1.28. The van der Waals surface area contributed by atoms with Crippen molar-refractivity contribution in [1.82, 2.24) is 10.2 Å². The Morgan fingerprint density at radius 2 is 1.81 bits per heavy atom. The van der Waals surface area contributed by atoms with E-state index in [1.807, 2.05) is 31.2 Å². The van der Waals surface area contributed by atoms with Crippen LogP contribution in [-0.4, -0.2) is 34.5 Å².